The zero-order chi connectivity index (χ0) is 16.4. The Kier molecular flexibility index (Phi) is 5.02. The van der Waals surface area contributed by atoms with Crippen molar-refractivity contribution in [3.63, 3.8) is 0 Å². The predicted octanol–water partition coefficient (Wildman–Crippen LogP) is 2.20. The van der Waals surface area contributed by atoms with Crippen LogP contribution in [0.4, 0.5) is 0 Å². The van der Waals surface area contributed by atoms with E-state index in [1.165, 1.54) is 11.1 Å². The van der Waals surface area contributed by atoms with Crippen LogP contribution in [0.2, 0.25) is 0 Å². The van der Waals surface area contributed by atoms with Gasteiger partial charge < -0.3 is 10.0 Å². The van der Waals surface area contributed by atoms with Gasteiger partial charge in [-0.05, 0) is 50.7 Å². The fourth-order valence-corrected chi connectivity index (χ4v) is 3.98. The van der Waals surface area contributed by atoms with Crippen LogP contribution >= 0.6 is 0 Å². The normalized spacial score (nSPS) is 24.8. The van der Waals surface area contributed by atoms with Gasteiger partial charge in [-0.15, -0.1) is 0 Å². The zero-order valence-electron chi connectivity index (χ0n) is 14.2. The molecule has 126 valence electrons. The molecule has 23 heavy (non-hydrogen) atoms. The van der Waals surface area contributed by atoms with Gasteiger partial charge in [-0.1, -0.05) is 24.3 Å². The van der Waals surface area contributed by atoms with Crippen LogP contribution in [-0.4, -0.2) is 52.1 Å². The Labute approximate surface area is 139 Å². The minimum atomic E-state index is -0.450. The van der Waals surface area contributed by atoms with Crippen LogP contribution in [0.1, 0.15) is 44.2 Å². The molecule has 4 heteroatoms. The SMILES string of the molecule is CC(O)C1CCCCN1C(=O)C(C)N1CCc2ccccc2C1. The highest BCUT2D eigenvalue weighted by atomic mass is 16.3. The molecule has 3 rings (SSSR count). The molecule has 0 saturated carbocycles. The molecular formula is C19H28N2O2. The van der Waals surface area contributed by atoms with Gasteiger partial charge in [0.2, 0.25) is 5.91 Å². The number of aliphatic hydroxyl groups excluding tert-OH is 1. The molecule has 2 aliphatic heterocycles. The number of carbonyl (C=O) groups is 1. The van der Waals surface area contributed by atoms with Crippen molar-refractivity contribution in [3.8, 4) is 0 Å². The summed E-state index contributed by atoms with van der Waals surface area (Å²) in [4.78, 5) is 17.2. The highest BCUT2D eigenvalue weighted by Crippen LogP contribution is 2.24. The summed E-state index contributed by atoms with van der Waals surface area (Å²) < 4.78 is 0. The third-order valence-electron chi connectivity index (χ3n) is 5.45. The van der Waals surface area contributed by atoms with E-state index < -0.39 is 6.10 Å². The Bertz CT molecular complexity index is 558. The second-order valence-electron chi connectivity index (χ2n) is 7.00. The molecule has 2 heterocycles. The number of carbonyl (C=O) groups excluding carboxylic acids is 1. The van der Waals surface area contributed by atoms with E-state index in [2.05, 4.69) is 29.2 Å². The first-order valence-electron chi connectivity index (χ1n) is 8.87. The molecule has 0 radical (unpaired) electrons. The number of likely N-dealkylation sites (tertiary alicyclic amines) is 1. The lowest BCUT2D eigenvalue weighted by molar-refractivity contribution is -0.143. The Balaban J connectivity index is 1.70. The third-order valence-corrected chi connectivity index (χ3v) is 5.45. The van der Waals surface area contributed by atoms with Crippen molar-refractivity contribution in [2.24, 2.45) is 0 Å². The number of amides is 1. The summed E-state index contributed by atoms with van der Waals surface area (Å²) >= 11 is 0. The van der Waals surface area contributed by atoms with Gasteiger partial charge in [-0.3, -0.25) is 9.69 Å². The third kappa shape index (κ3) is 3.43. The Morgan fingerprint density at radius 2 is 1.91 bits per heavy atom. The summed E-state index contributed by atoms with van der Waals surface area (Å²) in [5.41, 5.74) is 2.74. The van der Waals surface area contributed by atoms with Gasteiger partial charge in [-0.25, -0.2) is 0 Å². The molecule has 0 aromatic heterocycles. The van der Waals surface area contributed by atoms with E-state index >= 15 is 0 Å². The molecule has 1 saturated heterocycles. The van der Waals surface area contributed by atoms with Crippen LogP contribution in [0.25, 0.3) is 0 Å². The van der Waals surface area contributed by atoms with Crippen molar-refractivity contribution in [1.82, 2.24) is 9.80 Å². The van der Waals surface area contributed by atoms with Crippen LogP contribution in [0.5, 0.6) is 0 Å². The molecule has 2 aliphatic rings. The van der Waals surface area contributed by atoms with Crippen molar-refractivity contribution in [2.75, 3.05) is 13.1 Å². The van der Waals surface area contributed by atoms with E-state index in [-0.39, 0.29) is 18.0 Å². The lowest BCUT2D eigenvalue weighted by Crippen LogP contribution is -2.55. The molecule has 1 aromatic rings. The number of hydrogen-bond donors (Lipinski definition) is 1. The maximum Gasteiger partial charge on any atom is 0.239 e. The van der Waals surface area contributed by atoms with E-state index in [1.807, 2.05) is 11.8 Å². The van der Waals surface area contributed by atoms with Crippen molar-refractivity contribution in [2.45, 2.75) is 64.3 Å². The molecule has 4 nitrogen and oxygen atoms in total. The summed E-state index contributed by atoms with van der Waals surface area (Å²) in [5.74, 6) is 0.176. The molecule has 0 spiro atoms. The van der Waals surface area contributed by atoms with E-state index in [0.717, 1.165) is 45.3 Å². The first-order valence-corrected chi connectivity index (χ1v) is 8.87. The summed E-state index contributed by atoms with van der Waals surface area (Å²) in [6.45, 7) is 6.37. The molecule has 1 amide bonds. The quantitative estimate of drug-likeness (QED) is 0.930. The first-order chi connectivity index (χ1) is 11.1. The van der Waals surface area contributed by atoms with Gasteiger partial charge in [0.25, 0.3) is 0 Å². The van der Waals surface area contributed by atoms with Gasteiger partial charge >= 0.3 is 0 Å². The van der Waals surface area contributed by atoms with Crippen LogP contribution in [0.15, 0.2) is 24.3 Å². The van der Waals surface area contributed by atoms with Crippen LogP contribution in [0, 0.1) is 0 Å². The molecule has 0 bridgehead atoms. The second kappa shape index (κ2) is 7.02. The summed E-state index contributed by atoms with van der Waals surface area (Å²) in [7, 11) is 0. The number of nitrogens with zero attached hydrogens (tertiary/aromatic N) is 2. The molecule has 1 fully saturated rings. The number of rotatable bonds is 3. The fraction of sp³-hybridized carbons (Fsp3) is 0.632. The van der Waals surface area contributed by atoms with Crippen LogP contribution in [-0.2, 0) is 17.8 Å². The maximum absolute atomic E-state index is 13.0. The number of benzene rings is 1. The summed E-state index contributed by atoms with van der Waals surface area (Å²) in [5, 5.41) is 10.0. The standard InChI is InChI=1S/C19H28N2O2/c1-14(19(23)21-11-6-5-9-18(21)15(2)22)20-12-10-16-7-3-4-8-17(16)13-20/h3-4,7-8,14-15,18,22H,5-6,9-13H2,1-2H3. The average Bonchev–Trinajstić information content (AvgIpc) is 2.60. The van der Waals surface area contributed by atoms with E-state index in [9.17, 15) is 9.90 Å². The van der Waals surface area contributed by atoms with Gasteiger partial charge in [0.15, 0.2) is 0 Å². The van der Waals surface area contributed by atoms with Crippen LogP contribution < -0.4 is 0 Å². The second-order valence-corrected chi connectivity index (χ2v) is 7.00. The molecule has 0 aliphatic carbocycles. The van der Waals surface area contributed by atoms with Gasteiger partial charge in [0.05, 0.1) is 18.2 Å². The maximum atomic E-state index is 13.0. The lowest BCUT2D eigenvalue weighted by atomic mass is 9.96. The average molecular weight is 316 g/mol. The van der Waals surface area contributed by atoms with E-state index in [0.29, 0.717) is 0 Å². The number of piperidine rings is 1. The largest absolute Gasteiger partial charge is 0.391 e. The first kappa shape index (κ1) is 16.5. The van der Waals surface area contributed by atoms with E-state index in [1.54, 1.807) is 6.92 Å². The highest BCUT2D eigenvalue weighted by Gasteiger charge is 2.35. The molecule has 1 aromatic carbocycles. The van der Waals surface area contributed by atoms with Crippen molar-refractivity contribution < 1.29 is 9.90 Å². The summed E-state index contributed by atoms with van der Waals surface area (Å²) in [6.07, 6.45) is 3.62. The minimum Gasteiger partial charge on any atom is -0.391 e. The zero-order valence-corrected chi connectivity index (χ0v) is 14.2. The number of aliphatic hydroxyl groups is 1. The molecule has 3 unspecified atom stereocenters. The molecular weight excluding hydrogens is 288 g/mol. The van der Waals surface area contributed by atoms with Gasteiger partial charge in [-0.2, -0.15) is 0 Å². The minimum absolute atomic E-state index is 0.0178. The summed E-state index contributed by atoms with van der Waals surface area (Å²) in [6, 6.07) is 8.37. The van der Waals surface area contributed by atoms with Gasteiger partial charge in [0, 0.05) is 19.6 Å². The topological polar surface area (TPSA) is 43.8 Å². The molecule has 1 N–H and O–H groups in total. The predicted molar refractivity (Wildman–Crippen MR) is 91.1 cm³/mol. The van der Waals surface area contributed by atoms with Crippen molar-refractivity contribution in [1.29, 1.82) is 0 Å². The Morgan fingerprint density at radius 3 is 2.65 bits per heavy atom. The van der Waals surface area contributed by atoms with Crippen molar-refractivity contribution in [3.05, 3.63) is 35.4 Å². The fourth-order valence-electron chi connectivity index (χ4n) is 3.98. The highest BCUT2D eigenvalue weighted by molar-refractivity contribution is 5.82. The monoisotopic (exact) mass is 316 g/mol. The van der Waals surface area contributed by atoms with E-state index in [4.69, 9.17) is 0 Å². The Hall–Kier alpha value is -1.39. The molecule has 3 atom stereocenters. The van der Waals surface area contributed by atoms with Gasteiger partial charge in [0.1, 0.15) is 0 Å². The van der Waals surface area contributed by atoms with Crippen LogP contribution in [0.3, 0.4) is 0 Å². The van der Waals surface area contributed by atoms with Crippen molar-refractivity contribution >= 4 is 5.91 Å². The number of hydrogen-bond acceptors (Lipinski definition) is 3. The Morgan fingerprint density at radius 1 is 1.17 bits per heavy atom. The smallest absolute Gasteiger partial charge is 0.239 e. The number of fused-ring (bicyclic) bond motifs is 1. The lowest BCUT2D eigenvalue weighted by Gasteiger charge is -2.41.